The van der Waals surface area contributed by atoms with Crippen LogP contribution in [-0.4, -0.2) is 33.5 Å². The summed E-state index contributed by atoms with van der Waals surface area (Å²) in [4.78, 5) is 21.0. The topological polar surface area (TPSA) is 47.4 Å². The summed E-state index contributed by atoms with van der Waals surface area (Å²) >= 11 is 1.57. The Hall–Kier alpha value is -1.66. The maximum atomic E-state index is 12.9. The first-order chi connectivity index (χ1) is 11.2. The van der Waals surface area contributed by atoms with E-state index in [4.69, 9.17) is 4.74 Å². The molecule has 0 aromatic carbocycles. The summed E-state index contributed by atoms with van der Waals surface area (Å²) in [7, 11) is 1.96. The Kier molecular flexibility index (Phi) is 5.13. The molecule has 1 aliphatic rings. The van der Waals surface area contributed by atoms with Gasteiger partial charge in [-0.3, -0.25) is 4.79 Å². The van der Waals surface area contributed by atoms with Crippen molar-refractivity contribution >= 4 is 17.2 Å². The average molecular weight is 333 g/mol. The van der Waals surface area contributed by atoms with Crippen molar-refractivity contribution < 1.29 is 9.53 Å². The van der Waals surface area contributed by atoms with Crippen LogP contribution in [0.15, 0.2) is 24.5 Å². The number of hydrogen-bond donors (Lipinski definition) is 0. The molecule has 1 amide bonds. The lowest BCUT2D eigenvalue weighted by molar-refractivity contribution is 0.0742. The van der Waals surface area contributed by atoms with Crippen molar-refractivity contribution in [3.8, 4) is 0 Å². The molecule has 23 heavy (non-hydrogen) atoms. The summed E-state index contributed by atoms with van der Waals surface area (Å²) < 4.78 is 7.67. The molecule has 3 heterocycles. The summed E-state index contributed by atoms with van der Waals surface area (Å²) in [5, 5.41) is 0. The predicted octanol–water partition coefficient (Wildman–Crippen LogP) is 3.39. The van der Waals surface area contributed by atoms with E-state index in [1.807, 2.05) is 34.8 Å². The number of aryl methyl sites for hydroxylation is 1. The van der Waals surface area contributed by atoms with Crippen LogP contribution >= 0.6 is 11.3 Å². The number of rotatable bonds is 6. The molecule has 124 valence electrons. The molecule has 0 aliphatic carbocycles. The lowest BCUT2D eigenvalue weighted by Crippen LogP contribution is -2.31. The van der Waals surface area contributed by atoms with Gasteiger partial charge < -0.3 is 14.2 Å². The van der Waals surface area contributed by atoms with Crippen molar-refractivity contribution in [1.29, 1.82) is 0 Å². The normalized spacial score (nSPS) is 17.6. The largest absolute Gasteiger partial charge is 0.373 e. The molecule has 3 rings (SSSR count). The average Bonchev–Trinajstić information content (AvgIpc) is 3.28. The maximum Gasteiger partial charge on any atom is 0.264 e. The van der Waals surface area contributed by atoms with Crippen LogP contribution in [0.2, 0.25) is 0 Å². The number of carbonyl (C=O) groups is 1. The minimum absolute atomic E-state index is 0.0871. The van der Waals surface area contributed by atoms with Gasteiger partial charge in [-0.1, -0.05) is 6.92 Å². The lowest BCUT2D eigenvalue weighted by atomic mass is 10.2. The molecule has 0 unspecified atom stereocenters. The van der Waals surface area contributed by atoms with E-state index in [2.05, 4.69) is 11.9 Å². The Morgan fingerprint density at radius 1 is 1.52 bits per heavy atom. The Morgan fingerprint density at radius 3 is 3.04 bits per heavy atom. The molecule has 5 nitrogen and oxygen atoms in total. The van der Waals surface area contributed by atoms with Crippen LogP contribution in [0.5, 0.6) is 0 Å². The second kappa shape index (κ2) is 7.27. The molecule has 6 heteroatoms. The molecule has 1 fully saturated rings. The maximum absolute atomic E-state index is 12.9. The van der Waals surface area contributed by atoms with Gasteiger partial charge in [0.05, 0.1) is 17.5 Å². The molecule has 1 saturated heterocycles. The molecule has 0 bridgehead atoms. The molecule has 0 N–H and O–H groups in total. The van der Waals surface area contributed by atoms with Crippen LogP contribution in [0.3, 0.4) is 0 Å². The van der Waals surface area contributed by atoms with Crippen molar-refractivity contribution in [2.24, 2.45) is 7.05 Å². The number of carbonyl (C=O) groups excluding carboxylic acids is 1. The Morgan fingerprint density at radius 2 is 2.39 bits per heavy atom. The summed E-state index contributed by atoms with van der Waals surface area (Å²) in [6.45, 7) is 4.19. The fourth-order valence-corrected chi connectivity index (χ4v) is 3.90. The van der Waals surface area contributed by atoms with E-state index in [1.54, 1.807) is 17.5 Å². The fourth-order valence-electron chi connectivity index (χ4n) is 2.84. The van der Waals surface area contributed by atoms with Crippen molar-refractivity contribution in [2.75, 3.05) is 13.2 Å². The van der Waals surface area contributed by atoms with Crippen LogP contribution in [0.4, 0.5) is 0 Å². The van der Waals surface area contributed by atoms with Crippen LogP contribution < -0.4 is 0 Å². The lowest BCUT2D eigenvalue weighted by Gasteiger charge is -2.21. The van der Waals surface area contributed by atoms with Gasteiger partial charge in [0, 0.05) is 37.5 Å². The third kappa shape index (κ3) is 3.64. The first kappa shape index (κ1) is 16.2. The van der Waals surface area contributed by atoms with Crippen molar-refractivity contribution in [3.05, 3.63) is 40.1 Å². The highest BCUT2D eigenvalue weighted by molar-refractivity contribution is 7.14. The number of ether oxygens (including phenoxy) is 1. The third-order valence-corrected chi connectivity index (χ3v) is 5.28. The zero-order valence-electron chi connectivity index (χ0n) is 13.7. The van der Waals surface area contributed by atoms with E-state index >= 15 is 0 Å². The number of aromatic nitrogens is 2. The quantitative estimate of drug-likeness (QED) is 0.814. The van der Waals surface area contributed by atoms with E-state index in [-0.39, 0.29) is 12.0 Å². The zero-order chi connectivity index (χ0) is 16.2. The number of imidazole rings is 1. The second-order valence-corrected chi connectivity index (χ2v) is 7.00. The van der Waals surface area contributed by atoms with Gasteiger partial charge >= 0.3 is 0 Å². The van der Waals surface area contributed by atoms with E-state index in [9.17, 15) is 4.79 Å². The number of nitrogens with zero attached hydrogens (tertiary/aromatic N) is 3. The summed E-state index contributed by atoms with van der Waals surface area (Å²) in [5.41, 5.74) is 0. The van der Waals surface area contributed by atoms with Gasteiger partial charge in [0.2, 0.25) is 0 Å². The summed E-state index contributed by atoms with van der Waals surface area (Å²) in [6.07, 6.45) is 6.94. The van der Waals surface area contributed by atoms with Gasteiger partial charge in [-0.25, -0.2) is 4.98 Å². The van der Waals surface area contributed by atoms with Crippen molar-refractivity contribution in [3.63, 3.8) is 0 Å². The molecule has 1 atom stereocenters. The van der Waals surface area contributed by atoms with E-state index in [0.29, 0.717) is 6.54 Å². The van der Waals surface area contributed by atoms with Gasteiger partial charge in [0.1, 0.15) is 5.82 Å². The fraction of sp³-hybridized carbons (Fsp3) is 0.529. The Labute approximate surface area is 140 Å². The minimum atomic E-state index is 0.0871. The molecular weight excluding hydrogens is 310 g/mol. The first-order valence-electron chi connectivity index (χ1n) is 8.16. The highest BCUT2D eigenvalue weighted by Gasteiger charge is 2.23. The van der Waals surface area contributed by atoms with E-state index in [1.165, 1.54) is 4.88 Å². The minimum Gasteiger partial charge on any atom is -0.373 e. The van der Waals surface area contributed by atoms with E-state index in [0.717, 1.165) is 43.1 Å². The Bertz CT molecular complexity index is 658. The molecule has 0 spiro atoms. The van der Waals surface area contributed by atoms with Gasteiger partial charge in [-0.05, 0) is 31.4 Å². The van der Waals surface area contributed by atoms with Gasteiger partial charge in [0.25, 0.3) is 5.91 Å². The molecule has 0 saturated carbocycles. The van der Waals surface area contributed by atoms with Crippen LogP contribution in [-0.2, 0) is 18.3 Å². The zero-order valence-corrected chi connectivity index (χ0v) is 14.5. The SMILES string of the molecule is CCCN(Cc1nccn1C)C(=O)c1ccc([C@@H]2CCCO2)s1. The Balaban J connectivity index is 1.74. The van der Waals surface area contributed by atoms with Crippen LogP contribution in [0.1, 0.15) is 52.7 Å². The third-order valence-electron chi connectivity index (χ3n) is 4.12. The molecule has 0 radical (unpaired) electrons. The smallest absolute Gasteiger partial charge is 0.264 e. The van der Waals surface area contributed by atoms with Crippen LogP contribution in [0.25, 0.3) is 0 Å². The van der Waals surface area contributed by atoms with Crippen LogP contribution in [0, 0.1) is 0 Å². The molecular formula is C17H23N3O2S. The molecule has 2 aromatic heterocycles. The number of thiophene rings is 1. The summed E-state index contributed by atoms with van der Waals surface area (Å²) in [5.74, 6) is 0.992. The monoisotopic (exact) mass is 333 g/mol. The van der Waals surface area contributed by atoms with Crippen molar-refractivity contribution in [1.82, 2.24) is 14.5 Å². The molecule has 2 aromatic rings. The van der Waals surface area contributed by atoms with E-state index < -0.39 is 0 Å². The standard InChI is InChI=1S/C17H23N3O2S/c1-3-9-20(12-16-18-8-10-19(16)2)17(21)15-7-6-14(23-15)13-5-4-11-22-13/h6-8,10,13H,3-5,9,11-12H2,1-2H3/t13-/m0/s1. The van der Waals surface area contributed by atoms with Crippen molar-refractivity contribution in [2.45, 2.75) is 38.8 Å². The predicted molar refractivity (Wildman–Crippen MR) is 90.5 cm³/mol. The summed E-state index contributed by atoms with van der Waals surface area (Å²) in [6, 6.07) is 3.98. The number of amides is 1. The second-order valence-electron chi connectivity index (χ2n) is 5.88. The van der Waals surface area contributed by atoms with Gasteiger partial charge in [-0.15, -0.1) is 11.3 Å². The van der Waals surface area contributed by atoms with Gasteiger partial charge in [-0.2, -0.15) is 0 Å². The highest BCUT2D eigenvalue weighted by Crippen LogP contribution is 2.33. The highest BCUT2D eigenvalue weighted by atomic mass is 32.1. The van der Waals surface area contributed by atoms with Gasteiger partial charge in [0.15, 0.2) is 0 Å². The number of hydrogen-bond acceptors (Lipinski definition) is 4. The molecule has 1 aliphatic heterocycles. The first-order valence-corrected chi connectivity index (χ1v) is 8.97.